The number of rotatable bonds is 3. The maximum absolute atomic E-state index is 12.3. The van der Waals surface area contributed by atoms with Crippen LogP contribution in [0.15, 0.2) is 65.6 Å². The van der Waals surface area contributed by atoms with Crippen molar-refractivity contribution in [3.63, 3.8) is 0 Å². The second-order valence-electron chi connectivity index (χ2n) is 5.11. The van der Waals surface area contributed by atoms with Crippen LogP contribution in [-0.2, 0) is 10.1 Å². The number of phenols is 1. The van der Waals surface area contributed by atoms with Crippen molar-refractivity contribution in [2.24, 2.45) is 0 Å². The number of benzene rings is 3. The van der Waals surface area contributed by atoms with Gasteiger partial charge in [0.15, 0.2) is 0 Å². The Labute approximate surface area is 138 Å². The third-order valence-electron chi connectivity index (χ3n) is 3.54. The number of anilines is 1. The Bertz CT molecular complexity index is 1030. The van der Waals surface area contributed by atoms with Crippen LogP contribution in [0, 0.1) is 0 Å². The van der Waals surface area contributed by atoms with Crippen LogP contribution >= 0.6 is 0 Å². The Kier molecular flexibility index (Phi) is 3.96. The molecule has 0 radical (unpaired) electrons. The molecule has 3 aromatic carbocycles. The van der Waals surface area contributed by atoms with Crippen LogP contribution in [0.3, 0.4) is 0 Å². The van der Waals surface area contributed by atoms with Crippen LogP contribution in [0.4, 0.5) is 5.69 Å². The normalized spacial score (nSPS) is 11.4. The van der Waals surface area contributed by atoms with E-state index in [2.05, 4.69) is 5.32 Å². The second kappa shape index (κ2) is 5.95. The fraction of sp³-hybridized carbons (Fsp3) is 0. The lowest BCUT2D eigenvalue weighted by Crippen LogP contribution is -2.12. The molecule has 0 aliphatic carbocycles. The van der Waals surface area contributed by atoms with Crippen molar-refractivity contribution in [3.8, 4) is 5.75 Å². The van der Waals surface area contributed by atoms with Gasteiger partial charge < -0.3 is 10.4 Å². The average Bonchev–Trinajstić information content (AvgIpc) is 2.54. The molecule has 0 fully saturated rings. The van der Waals surface area contributed by atoms with E-state index in [1.807, 2.05) is 0 Å². The summed E-state index contributed by atoms with van der Waals surface area (Å²) in [5.74, 6) is -0.610. The summed E-state index contributed by atoms with van der Waals surface area (Å²) in [4.78, 5) is 11.9. The van der Waals surface area contributed by atoms with Crippen molar-refractivity contribution in [2.45, 2.75) is 4.90 Å². The molecule has 0 atom stereocenters. The van der Waals surface area contributed by atoms with Crippen molar-refractivity contribution in [1.82, 2.24) is 0 Å². The van der Waals surface area contributed by atoms with Crippen molar-refractivity contribution in [1.29, 1.82) is 0 Å². The largest absolute Gasteiger partial charge is 0.507 e. The zero-order valence-electron chi connectivity index (χ0n) is 12.3. The molecule has 24 heavy (non-hydrogen) atoms. The monoisotopic (exact) mass is 343 g/mol. The van der Waals surface area contributed by atoms with Gasteiger partial charge in [-0.15, -0.1) is 0 Å². The van der Waals surface area contributed by atoms with Gasteiger partial charge in [0.05, 0.1) is 5.69 Å². The number of fused-ring (bicyclic) bond motifs is 1. The van der Waals surface area contributed by atoms with E-state index in [9.17, 15) is 22.9 Å². The number of hydrogen-bond donors (Lipinski definition) is 3. The predicted octanol–water partition coefficient (Wildman–Crippen LogP) is 3.04. The summed E-state index contributed by atoms with van der Waals surface area (Å²) in [7, 11) is -4.47. The Morgan fingerprint density at radius 2 is 1.62 bits per heavy atom. The minimum Gasteiger partial charge on any atom is -0.507 e. The molecule has 0 spiro atoms. The van der Waals surface area contributed by atoms with E-state index in [4.69, 9.17) is 0 Å². The molecular weight excluding hydrogens is 330 g/mol. The first kappa shape index (κ1) is 16.0. The van der Waals surface area contributed by atoms with E-state index in [-0.39, 0.29) is 27.1 Å². The fourth-order valence-electron chi connectivity index (χ4n) is 2.47. The Balaban J connectivity index is 2.15. The maximum atomic E-state index is 12.3. The Hall–Kier alpha value is -2.90. The summed E-state index contributed by atoms with van der Waals surface area (Å²) in [5, 5.41) is 13.0. The molecule has 0 aliphatic rings. The lowest BCUT2D eigenvalue weighted by molar-refractivity contribution is 0.102. The number of aromatic hydroxyl groups is 1. The standard InChI is InChI=1S/C17H13NO5S/c19-14-8-4-7-12-15(24(21,22)23)10-9-13(16(12)14)18-17(20)11-5-2-1-3-6-11/h1-10,19H,(H,18,20)(H,21,22,23). The molecule has 0 unspecified atom stereocenters. The molecule has 3 rings (SSSR count). The minimum absolute atomic E-state index is 0.114. The quantitative estimate of drug-likeness (QED) is 0.634. The maximum Gasteiger partial charge on any atom is 0.295 e. The van der Waals surface area contributed by atoms with E-state index >= 15 is 0 Å². The molecule has 0 saturated carbocycles. The van der Waals surface area contributed by atoms with Gasteiger partial charge in [-0.05, 0) is 30.3 Å². The highest BCUT2D eigenvalue weighted by molar-refractivity contribution is 7.86. The van der Waals surface area contributed by atoms with Gasteiger partial charge in [-0.2, -0.15) is 8.42 Å². The molecule has 0 aliphatic heterocycles. The average molecular weight is 343 g/mol. The number of phenolic OH excluding ortho intramolecular Hbond substituents is 1. The van der Waals surface area contributed by atoms with Gasteiger partial charge in [0, 0.05) is 16.3 Å². The fourth-order valence-corrected chi connectivity index (χ4v) is 3.16. The summed E-state index contributed by atoms with van der Waals surface area (Å²) in [6.45, 7) is 0. The van der Waals surface area contributed by atoms with Crippen molar-refractivity contribution >= 4 is 32.5 Å². The Morgan fingerprint density at radius 1 is 0.917 bits per heavy atom. The van der Waals surface area contributed by atoms with Crippen LogP contribution in [0.1, 0.15) is 10.4 Å². The van der Waals surface area contributed by atoms with Gasteiger partial charge in [-0.25, -0.2) is 0 Å². The summed E-state index contributed by atoms with van der Waals surface area (Å²) in [6, 6.07) is 15.2. The summed E-state index contributed by atoms with van der Waals surface area (Å²) >= 11 is 0. The summed E-state index contributed by atoms with van der Waals surface area (Å²) < 4.78 is 32.3. The van der Waals surface area contributed by atoms with Crippen LogP contribution in [0.5, 0.6) is 5.75 Å². The van der Waals surface area contributed by atoms with Crippen molar-refractivity contribution in [3.05, 3.63) is 66.2 Å². The van der Waals surface area contributed by atoms with Crippen LogP contribution in [0.2, 0.25) is 0 Å². The lowest BCUT2D eigenvalue weighted by atomic mass is 10.1. The first-order chi connectivity index (χ1) is 11.4. The van der Waals surface area contributed by atoms with Gasteiger partial charge in [-0.3, -0.25) is 9.35 Å². The number of amides is 1. The first-order valence-electron chi connectivity index (χ1n) is 6.96. The van der Waals surface area contributed by atoms with E-state index in [1.54, 1.807) is 30.3 Å². The third-order valence-corrected chi connectivity index (χ3v) is 4.45. The SMILES string of the molecule is O=C(Nc1ccc(S(=O)(=O)O)c2cccc(O)c12)c1ccccc1. The molecule has 0 bridgehead atoms. The van der Waals surface area contributed by atoms with Gasteiger partial charge in [0.2, 0.25) is 0 Å². The molecule has 7 heteroatoms. The highest BCUT2D eigenvalue weighted by Crippen LogP contribution is 2.35. The number of carbonyl (C=O) groups excluding carboxylic acids is 1. The molecule has 0 aromatic heterocycles. The van der Waals surface area contributed by atoms with Crippen LogP contribution in [-0.4, -0.2) is 24.0 Å². The molecule has 0 saturated heterocycles. The summed E-state index contributed by atoms with van der Waals surface area (Å²) in [5.41, 5.74) is 0.657. The molecule has 3 N–H and O–H groups in total. The van der Waals surface area contributed by atoms with Crippen LogP contribution in [0.25, 0.3) is 10.8 Å². The number of hydrogen-bond acceptors (Lipinski definition) is 4. The molecule has 6 nitrogen and oxygen atoms in total. The second-order valence-corrected chi connectivity index (χ2v) is 6.50. The van der Waals surface area contributed by atoms with E-state index < -0.39 is 16.0 Å². The van der Waals surface area contributed by atoms with Gasteiger partial charge >= 0.3 is 0 Å². The highest BCUT2D eigenvalue weighted by Gasteiger charge is 2.19. The molecule has 0 heterocycles. The predicted molar refractivity (Wildman–Crippen MR) is 89.8 cm³/mol. The molecule has 3 aromatic rings. The first-order valence-corrected chi connectivity index (χ1v) is 8.40. The topological polar surface area (TPSA) is 104 Å². The van der Waals surface area contributed by atoms with E-state index in [1.165, 1.54) is 30.3 Å². The van der Waals surface area contributed by atoms with Gasteiger partial charge in [-0.1, -0.05) is 30.3 Å². The lowest BCUT2D eigenvalue weighted by Gasteiger charge is -2.12. The molecule has 122 valence electrons. The zero-order chi connectivity index (χ0) is 17.3. The van der Waals surface area contributed by atoms with E-state index in [0.717, 1.165) is 0 Å². The van der Waals surface area contributed by atoms with Crippen LogP contribution < -0.4 is 5.32 Å². The minimum atomic E-state index is -4.47. The third kappa shape index (κ3) is 2.94. The summed E-state index contributed by atoms with van der Waals surface area (Å²) in [6.07, 6.45) is 0. The van der Waals surface area contributed by atoms with Gasteiger partial charge in [0.25, 0.3) is 16.0 Å². The van der Waals surface area contributed by atoms with E-state index in [0.29, 0.717) is 5.56 Å². The van der Waals surface area contributed by atoms with Gasteiger partial charge in [0.1, 0.15) is 10.6 Å². The molecular formula is C17H13NO5S. The van der Waals surface area contributed by atoms with Crippen molar-refractivity contribution in [2.75, 3.05) is 5.32 Å². The smallest absolute Gasteiger partial charge is 0.295 e. The Morgan fingerprint density at radius 3 is 2.29 bits per heavy atom. The molecule has 1 amide bonds. The number of carbonyl (C=O) groups is 1. The zero-order valence-corrected chi connectivity index (χ0v) is 13.1. The van der Waals surface area contributed by atoms with Crippen molar-refractivity contribution < 1.29 is 22.9 Å². The highest BCUT2D eigenvalue weighted by atomic mass is 32.2. The number of nitrogens with one attached hydrogen (secondary N) is 1.